The second-order valence-electron chi connectivity index (χ2n) is 5.93. The summed E-state index contributed by atoms with van der Waals surface area (Å²) in [5.41, 5.74) is 4.37. The van der Waals surface area contributed by atoms with Gasteiger partial charge in [-0.05, 0) is 6.07 Å². The molecule has 1 fully saturated rings. The van der Waals surface area contributed by atoms with Crippen molar-refractivity contribution in [2.75, 3.05) is 32.0 Å². The van der Waals surface area contributed by atoms with Gasteiger partial charge < -0.3 is 20.5 Å². The number of nitrogen functional groups attached to an aromatic ring is 1. The molecule has 0 aliphatic carbocycles. The molecule has 0 bridgehead atoms. The van der Waals surface area contributed by atoms with Gasteiger partial charge in [0, 0.05) is 24.8 Å². The number of anilines is 1. The molecule has 1 saturated heterocycles. The first-order chi connectivity index (χ1) is 11.8. The Morgan fingerprint density at radius 1 is 1.32 bits per heavy atom. The van der Waals surface area contributed by atoms with E-state index in [0.717, 1.165) is 12.3 Å². The van der Waals surface area contributed by atoms with Gasteiger partial charge in [0.1, 0.15) is 5.82 Å². The number of ether oxygens (including phenoxy) is 1. The van der Waals surface area contributed by atoms with Crippen LogP contribution in [0, 0.1) is 5.92 Å². The molecule has 0 saturated carbocycles. The summed E-state index contributed by atoms with van der Waals surface area (Å²) in [5.74, 6) is -0.994. The molecule has 2 aliphatic rings. The first kappa shape index (κ1) is 17.5. The number of aromatic nitrogens is 1. The highest BCUT2D eigenvalue weighted by Gasteiger charge is 2.39. The van der Waals surface area contributed by atoms with Crippen molar-refractivity contribution in [1.29, 1.82) is 0 Å². The topological polar surface area (TPSA) is 96.3 Å². The highest BCUT2D eigenvalue weighted by molar-refractivity contribution is 5.96. The van der Waals surface area contributed by atoms with E-state index < -0.39 is 23.7 Å². The summed E-state index contributed by atoms with van der Waals surface area (Å²) in [7, 11) is 0. The lowest BCUT2D eigenvalue weighted by molar-refractivity contribution is -0.138. The Labute approximate surface area is 142 Å². The van der Waals surface area contributed by atoms with E-state index in [1.165, 1.54) is 0 Å². The van der Waals surface area contributed by atoms with Crippen molar-refractivity contribution >= 4 is 17.7 Å². The Kier molecular flexibility index (Phi) is 4.55. The molecule has 10 heteroatoms. The number of hydrogen-bond donors (Lipinski definition) is 2. The highest BCUT2D eigenvalue weighted by Crippen LogP contribution is 2.40. The van der Waals surface area contributed by atoms with Crippen molar-refractivity contribution < 1.29 is 23.0 Å². The Balaban J connectivity index is 2.03. The molecule has 3 N–H and O–H groups in total. The summed E-state index contributed by atoms with van der Waals surface area (Å²) in [6, 6.07) is -0.172. The van der Waals surface area contributed by atoms with Gasteiger partial charge in [0.25, 0.3) is 0 Å². The number of aliphatic hydroxyl groups is 1. The SMILES string of the molecule is CC1C(O)=NC(N2CCOCC2)=NC1c1cnc(N)cc1C(F)(F)F. The van der Waals surface area contributed by atoms with Gasteiger partial charge in [-0.3, -0.25) is 0 Å². The number of aliphatic hydroxyl groups excluding tert-OH is 1. The Hall–Kier alpha value is -2.36. The number of aliphatic imine (C=N–C) groups is 2. The van der Waals surface area contributed by atoms with Crippen LogP contribution in [0.4, 0.5) is 19.0 Å². The molecule has 7 nitrogen and oxygen atoms in total. The molecular weight excluding hydrogens is 339 g/mol. The largest absolute Gasteiger partial charge is 0.496 e. The van der Waals surface area contributed by atoms with E-state index >= 15 is 0 Å². The first-order valence-electron chi connectivity index (χ1n) is 7.78. The van der Waals surface area contributed by atoms with Crippen molar-refractivity contribution in [1.82, 2.24) is 9.88 Å². The van der Waals surface area contributed by atoms with Gasteiger partial charge >= 0.3 is 6.18 Å². The zero-order valence-electron chi connectivity index (χ0n) is 13.5. The fourth-order valence-electron chi connectivity index (χ4n) is 2.83. The van der Waals surface area contributed by atoms with E-state index in [2.05, 4.69) is 15.0 Å². The minimum absolute atomic E-state index is 0.138. The molecule has 3 rings (SSSR count). The van der Waals surface area contributed by atoms with Gasteiger partial charge in [0.2, 0.25) is 5.96 Å². The first-order valence-corrected chi connectivity index (χ1v) is 7.78. The molecule has 0 amide bonds. The number of nitrogens with zero attached hydrogens (tertiary/aromatic N) is 4. The minimum atomic E-state index is -4.61. The Morgan fingerprint density at radius 3 is 2.64 bits per heavy atom. The average Bonchev–Trinajstić information content (AvgIpc) is 2.57. The van der Waals surface area contributed by atoms with E-state index in [1.807, 2.05) is 0 Å². The molecule has 136 valence electrons. The molecule has 25 heavy (non-hydrogen) atoms. The molecule has 2 atom stereocenters. The second kappa shape index (κ2) is 6.51. The maximum Gasteiger partial charge on any atom is 0.416 e. The zero-order chi connectivity index (χ0) is 18.2. The maximum absolute atomic E-state index is 13.4. The monoisotopic (exact) mass is 357 g/mol. The van der Waals surface area contributed by atoms with E-state index in [4.69, 9.17) is 10.5 Å². The normalized spacial score (nSPS) is 24.7. The lowest BCUT2D eigenvalue weighted by Crippen LogP contribution is -2.42. The van der Waals surface area contributed by atoms with Crippen LogP contribution in [0.5, 0.6) is 0 Å². The third-order valence-corrected chi connectivity index (χ3v) is 4.22. The van der Waals surface area contributed by atoms with Crippen LogP contribution in [0.2, 0.25) is 0 Å². The van der Waals surface area contributed by atoms with Crippen LogP contribution >= 0.6 is 0 Å². The van der Waals surface area contributed by atoms with Crippen LogP contribution in [0.25, 0.3) is 0 Å². The summed E-state index contributed by atoms with van der Waals surface area (Å²) in [6.07, 6.45) is -3.54. The molecule has 2 aliphatic heterocycles. The fourth-order valence-corrected chi connectivity index (χ4v) is 2.83. The van der Waals surface area contributed by atoms with Crippen molar-refractivity contribution in [2.24, 2.45) is 15.9 Å². The van der Waals surface area contributed by atoms with Gasteiger partial charge in [0.15, 0.2) is 5.90 Å². The molecule has 1 aromatic heterocycles. The number of guanidine groups is 1. The van der Waals surface area contributed by atoms with Crippen molar-refractivity contribution in [3.63, 3.8) is 0 Å². The molecule has 2 unspecified atom stereocenters. The van der Waals surface area contributed by atoms with Crippen LogP contribution < -0.4 is 5.73 Å². The van der Waals surface area contributed by atoms with Gasteiger partial charge in [-0.2, -0.15) is 18.2 Å². The van der Waals surface area contributed by atoms with Gasteiger partial charge in [-0.1, -0.05) is 6.92 Å². The number of halogens is 3. The van der Waals surface area contributed by atoms with Crippen molar-refractivity contribution in [3.8, 4) is 0 Å². The number of hydrogen-bond acceptors (Lipinski definition) is 6. The molecular formula is C15H18F3N5O2. The summed E-state index contributed by atoms with van der Waals surface area (Å²) in [6.45, 7) is 3.50. The second-order valence-corrected chi connectivity index (χ2v) is 5.93. The van der Waals surface area contributed by atoms with Crippen LogP contribution in [0.3, 0.4) is 0 Å². The van der Waals surface area contributed by atoms with Gasteiger partial charge in [-0.15, -0.1) is 0 Å². The molecule has 1 aromatic rings. The van der Waals surface area contributed by atoms with Gasteiger partial charge in [-0.25, -0.2) is 9.98 Å². The molecule has 0 aromatic carbocycles. The van der Waals surface area contributed by atoms with Crippen LogP contribution in [-0.4, -0.2) is 53.2 Å². The lowest BCUT2D eigenvalue weighted by Gasteiger charge is -2.32. The van der Waals surface area contributed by atoms with E-state index in [1.54, 1.807) is 11.8 Å². The number of morpholine rings is 1. The molecule has 0 radical (unpaired) electrons. The zero-order valence-corrected chi connectivity index (χ0v) is 13.5. The number of nitrogens with two attached hydrogens (primary N) is 1. The standard InChI is InChI=1S/C15H18F3N5O2/c1-8-12(9-7-20-11(19)6-10(9)15(16,17)18)21-14(22-13(8)24)23-2-4-25-5-3-23/h6-8,12H,2-5H2,1H3,(H2,19,20)(H,21,22,24). The minimum Gasteiger partial charge on any atom is -0.496 e. The fraction of sp³-hybridized carbons (Fsp3) is 0.533. The summed E-state index contributed by atoms with van der Waals surface area (Å²) < 4.78 is 45.5. The van der Waals surface area contributed by atoms with Crippen LogP contribution in [0.1, 0.15) is 24.1 Å². The molecule has 0 spiro atoms. The van der Waals surface area contributed by atoms with Crippen molar-refractivity contribution in [3.05, 3.63) is 23.4 Å². The van der Waals surface area contributed by atoms with Gasteiger partial charge in [0.05, 0.1) is 30.7 Å². The molecule has 3 heterocycles. The predicted octanol–water partition coefficient (Wildman–Crippen LogP) is 2.02. The quantitative estimate of drug-likeness (QED) is 0.802. The Bertz CT molecular complexity index is 714. The van der Waals surface area contributed by atoms with Crippen LogP contribution in [0.15, 0.2) is 22.2 Å². The number of rotatable bonds is 1. The predicted molar refractivity (Wildman–Crippen MR) is 85.4 cm³/mol. The van der Waals surface area contributed by atoms with E-state index in [-0.39, 0.29) is 23.2 Å². The van der Waals surface area contributed by atoms with E-state index in [9.17, 15) is 18.3 Å². The highest BCUT2D eigenvalue weighted by atomic mass is 19.4. The number of alkyl halides is 3. The van der Waals surface area contributed by atoms with E-state index in [0.29, 0.717) is 26.3 Å². The van der Waals surface area contributed by atoms with Crippen molar-refractivity contribution in [2.45, 2.75) is 19.1 Å². The maximum atomic E-state index is 13.4. The summed E-state index contributed by atoms with van der Waals surface area (Å²) in [4.78, 5) is 14.0. The third kappa shape index (κ3) is 3.53. The summed E-state index contributed by atoms with van der Waals surface area (Å²) >= 11 is 0. The number of pyridine rings is 1. The Morgan fingerprint density at radius 2 is 2.00 bits per heavy atom. The smallest absolute Gasteiger partial charge is 0.416 e. The van der Waals surface area contributed by atoms with Crippen LogP contribution in [-0.2, 0) is 10.9 Å². The lowest BCUT2D eigenvalue weighted by atomic mass is 9.91. The average molecular weight is 357 g/mol. The third-order valence-electron chi connectivity index (χ3n) is 4.22. The summed E-state index contributed by atoms with van der Waals surface area (Å²) in [5, 5.41) is 10.1.